The highest BCUT2D eigenvalue weighted by Gasteiger charge is 2.13. The van der Waals surface area contributed by atoms with Gasteiger partial charge >= 0.3 is 0 Å². The van der Waals surface area contributed by atoms with Crippen LogP contribution < -0.4 is 5.32 Å². The van der Waals surface area contributed by atoms with Crippen molar-refractivity contribution in [2.45, 2.75) is 0 Å². The SMILES string of the molecule is O=C(Nc1cnc(Cl)cn1)c1ccc(F)c2ccccc12. The summed E-state index contributed by atoms with van der Waals surface area (Å²) < 4.78 is 13.7. The molecule has 0 unspecified atom stereocenters. The fourth-order valence-corrected chi connectivity index (χ4v) is 2.12. The van der Waals surface area contributed by atoms with Gasteiger partial charge in [0.1, 0.15) is 11.0 Å². The zero-order valence-corrected chi connectivity index (χ0v) is 11.4. The number of fused-ring (bicyclic) bond motifs is 1. The van der Waals surface area contributed by atoms with E-state index < -0.39 is 0 Å². The first kappa shape index (κ1) is 13.5. The van der Waals surface area contributed by atoms with Gasteiger partial charge in [-0.15, -0.1) is 0 Å². The van der Waals surface area contributed by atoms with Crippen LogP contribution in [0.4, 0.5) is 10.2 Å². The number of anilines is 1. The first-order chi connectivity index (χ1) is 10.1. The van der Waals surface area contributed by atoms with E-state index in [1.165, 1.54) is 24.5 Å². The van der Waals surface area contributed by atoms with Gasteiger partial charge in [0.2, 0.25) is 0 Å². The van der Waals surface area contributed by atoms with Crippen molar-refractivity contribution >= 4 is 34.1 Å². The number of aromatic nitrogens is 2. The van der Waals surface area contributed by atoms with E-state index in [1.807, 2.05) is 0 Å². The van der Waals surface area contributed by atoms with Crippen molar-refractivity contribution < 1.29 is 9.18 Å². The van der Waals surface area contributed by atoms with E-state index >= 15 is 0 Å². The Morgan fingerprint density at radius 1 is 1.05 bits per heavy atom. The van der Waals surface area contributed by atoms with E-state index in [-0.39, 0.29) is 22.7 Å². The predicted octanol–water partition coefficient (Wildman–Crippen LogP) is 3.67. The Morgan fingerprint density at radius 3 is 2.52 bits per heavy atom. The molecule has 0 aliphatic rings. The molecule has 1 aromatic heterocycles. The zero-order chi connectivity index (χ0) is 14.8. The number of amides is 1. The molecule has 1 heterocycles. The molecule has 0 atom stereocenters. The number of hydrogen-bond donors (Lipinski definition) is 1. The van der Waals surface area contributed by atoms with E-state index in [0.717, 1.165) is 0 Å². The largest absolute Gasteiger partial charge is 0.305 e. The molecule has 2 aromatic carbocycles. The van der Waals surface area contributed by atoms with Gasteiger partial charge in [0, 0.05) is 10.9 Å². The van der Waals surface area contributed by atoms with Crippen molar-refractivity contribution in [3.05, 3.63) is 65.3 Å². The highest BCUT2D eigenvalue weighted by Crippen LogP contribution is 2.22. The first-order valence-corrected chi connectivity index (χ1v) is 6.49. The van der Waals surface area contributed by atoms with Crippen LogP contribution in [0, 0.1) is 5.82 Å². The van der Waals surface area contributed by atoms with Crippen LogP contribution in [0.15, 0.2) is 48.8 Å². The second-order valence-electron chi connectivity index (χ2n) is 4.32. The lowest BCUT2D eigenvalue weighted by Crippen LogP contribution is -2.13. The van der Waals surface area contributed by atoms with Crippen molar-refractivity contribution in [3.63, 3.8) is 0 Å². The molecule has 0 spiro atoms. The van der Waals surface area contributed by atoms with Crippen LogP contribution >= 0.6 is 11.6 Å². The summed E-state index contributed by atoms with van der Waals surface area (Å²) in [6.07, 6.45) is 2.69. The monoisotopic (exact) mass is 301 g/mol. The molecule has 0 aliphatic carbocycles. The summed E-state index contributed by atoms with van der Waals surface area (Å²) in [5, 5.41) is 3.77. The third kappa shape index (κ3) is 2.68. The average molecular weight is 302 g/mol. The molecule has 3 aromatic rings. The second-order valence-corrected chi connectivity index (χ2v) is 4.71. The topological polar surface area (TPSA) is 54.9 Å². The summed E-state index contributed by atoms with van der Waals surface area (Å²) in [6.45, 7) is 0. The minimum atomic E-state index is -0.386. The molecule has 0 saturated carbocycles. The van der Waals surface area contributed by atoms with Crippen LogP contribution in [0.2, 0.25) is 5.15 Å². The molecular formula is C15H9ClFN3O. The molecule has 0 bridgehead atoms. The van der Waals surface area contributed by atoms with Crippen LogP contribution in [0.3, 0.4) is 0 Å². The van der Waals surface area contributed by atoms with Gasteiger partial charge in [-0.05, 0) is 17.5 Å². The van der Waals surface area contributed by atoms with Crippen LogP contribution in [0.25, 0.3) is 10.8 Å². The minimum absolute atomic E-state index is 0.236. The quantitative estimate of drug-likeness (QED) is 0.785. The summed E-state index contributed by atoms with van der Waals surface area (Å²) in [6, 6.07) is 9.50. The van der Waals surface area contributed by atoms with Crippen LogP contribution in [-0.2, 0) is 0 Å². The van der Waals surface area contributed by atoms with Gasteiger partial charge < -0.3 is 5.32 Å². The van der Waals surface area contributed by atoms with E-state index in [1.54, 1.807) is 24.3 Å². The molecule has 4 nitrogen and oxygen atoms in total. The van der Waals surface area contributed by atoms with Gasteiger partial charge in [0.15, 0.2) is 5.82 Å². The van der Waals surface area contributed by atoms with Crippen LogP contribution in [0.1, 0.15) is 10.4 Å². The first-order valence-electron chi connectivity index (χ1n) is 6.11. The zero-order valence-electron chi connectivity index (χ0n) is 10.7. The second kappa shape index (κ2) is 5.46. The average Bonchev–Trinajstić information content (AvgIpc) is 2.50. The highest BCUT2D eigenvalue weighted by molar-refractivity contribution is 6.29. The number of nitrogens with one attached hydrogen (secondary N) is 1. The lowest BCUT2D eigenvalue weighted by Gasteiger charge is -2.08. The number of benzene rings is 2. The Balaban J connectivity index is 1.98. The number of carbonyl (C=O) groups excluding carboxylic acids is 1. The van der Waals surface area contributed by atoms with E-state index in [9.17, 15) is 9.18 Å². The van der Waals surface area contributed by atoms with Crippen molar-refractivity contribution in [2.24, 2.45) is 0 Å². The van der Waals surface area contributed by atoms with Crippen molar-refractivity contribution in [2.75, 3.05) is 5.32 Å². The third-order valence-corrected chi connectivity index (χ3v) is 3.17. The molecule has 3 rings (SSSR count). The summed E-state index contributed by atoms with van der Waals surface area (Å²) in [5.74, 6) is -0.478. The molecule has 0 fully saturated rings. The lowest BCUT2D eigenvalue weighted by molar-refractivity contribution is 0.102. The molecular weight excluding hydrogens is 293 g/mol. The molecule has 0 aliphatic heterocycles. The molecule has 1 amide bonds. The van der Waals surface area contributed by atoms with Crippen LogP contribution in [-0.4, -0.2) is 15.9 Å². The number of hydrogen-bond acceptors (Lipinski definition) is 3. The Kier molecular flexibility index (Phi) is 3.50. The number of halogens is 2. The van der Waals surface area contributed by atoms with Crippen molar-refractivity contribution in [1.82, 2.24) is 9.97 Å². The number of carbonyl (C=O) groups is 1. The predicted molar refractivity (Wildman–Crippen MR) is 78.9 cm³/mol. The summed E-state index contributed by atoms with van der Waals surface area (Å²) >= 11 is 5.63. The molecule has 1 N–H and O–H groups in total. The molecule has 0 saturated heterocycles. The Bertz CT molecular complexity index is 821. The highest BCUT2D eigenvalue weighted by atomic mass is 35.5. The van der Waals surface area contributed by atoms with Gasteiger partial charge in [-0.1, -0.05) is 35.9 Å². The maximum atomic E-state index is 13.7. The summed E-state index contributed by atoms with van der Waals surface area (Å²) in [7, 11) is 0. The van der Waals surface area contributed by atoms with Gasteiger partial charge in [-0.3, -0.25) is 4.79 Å². The standard InChI is InChI=1S/C15H9ClFN3O/c16-13-7-19-14(8-18-13)20-15(21)11-5-6-12(17)10-4-2-1-3-9(10)11/h1-8H,(H,19,20,21). The Labute approximate surface area is 124 Å². The summed E-state index contributed by atoms with van der Waals surface area (Å²) in [4.78, 5) is 20.1. The Morgan fingerprint density at radius 2 is 1.81 bits per heavy atom. The van der Waals surface area contributed by atoms with Crippen LogP contribution in [0.5, 0.6) is 0 Å². The third-order valence-electron chi connectivity index (χ3n) is 2.98. The molecule has 0 radical (unpaired) electrons. The van der Waals surface area contributed by atoms with Gasteiger partial charge in [-0.2, -0.15) is 0 Å². The van der Waals surface area contributed by atoms with E-state index in [2.05, 4.69) is 15.3 Å². The Hall–Kier alpha value is -2.53. The van der Waals surface area contributed by atoms with Gasteiger partial charge in [0.05, 0.1) is 12.4 Å². The maximum absolute atomic E-state index is 13.7. The van der Waals surface area contributed by atoms with E-state index in [0.29, 0.717) is 16.3 Å². The van der Waals surface area contributed by atoms with E-state index in [4.69, 9.17) is 11.6 Å². The smallest absolute Gasteiger partial charge is 0.257 e. The van der Waals surface area contributed by atoms with Crippen molar-refractivity contribution in [1.29, 1.82) is 0 Å². The number of rotatable bonds is 2. The fraction of sp³-hybridized carbons (Fsp3) is 0. The van der Waals surface area contributed by atoms with Crippen molar-refractivity contribution in [3.8, 4) is 0 Å². The summed E-state index contributed by atoms with van der Waals surface area (Å²) in [5.41, 5.74) is 0.365. The number of nitrogens with zero attached hydrogens (tertiary/aromatic N) is 2. The molecule has 104 valence electrons. The normalized spacial score (nSPS) is 10.6. The van der Waals surface area contributed by atoms with Gasteiger partial charge in [-0.25, -0.2) is 14.4 Å². The maximum Gasteiger partial charge on any atom is 0.257 e. The molecule has 6 heteroatoms. The minimum Gasteiger partial charge on any atom is -0.305 e. The molecule has 21 heavy (non-hydrogen) atoms. The lowest BCUT2D eigenvalue weighted by atomic mass is 10.0. The van der Waals surface area contributed by atoms with Gasteiger partial charge in [0.25, 0.3) is 5.91 Å². The fourth-order valence-electron chi connectivity index (χ4n) is 2.02.